The minimum Gasteiger partial charge on any atom is -0.349 e. The lowest BCUT2D eigenvalue weighted by atomic mass is 9.92. The number of rotatable bonds is 6. The summed E-state index contributed by atoms with van der Waals surface area (Å²) in [4.78, 5) is 17.4. The summed E-state index contributed by atoms with van der Waals surface area (Å²) in [7, 11) is 0. The first-order chi connectivity index (χ1) is 12.6. The van der Waals surface area contributed by atoms with Gasteiger partial charge in [0.15, 0.2) is 0 Å². The van der Waals surface area contributed by atoms with E-state index in [1.165, 1.54) is 0 Å². The Bertz CT molecular complexity index is 835. The maximum Gasteiger partial charge on any atom is 0.228 e. The van der Waals surface area contributed by atoms with Crippen LogP contribution in [0.5, 0.6) is 0 Å². The van der Waals surface area contributed by atoms with Crippen molar-refractivity contribution >= 4 is 17.5 Å². The number of hydrogen-bond donors (Lipinski definition) is 1. The molecule has 2 atom stereocenters. The highest BCUT2D eigenvalue weighted by Gasteiger charge is 2.23. The fourth-order valence-corrected chi connectivity index (χ4v) is 3.05. The van der Waals surface area contributed by atoms with Gasteiger partial charge in [-0.3, -0.25) is 9.78 Å². The summed E-state index contributed by atoms with van der Waals surface area (Å²) in [5.74, 6) is -0.345. The summed E-state index contributed by atoms with van der Waals surface area (Å²) in [5.41, 5.74) is 2.89. The van der Waals surface area contributed by atoms with Gasteiger partial charge < -0.3 is 5.32 Å². The summed E-state index contributed by atoms with van der Waals surface area (Å²) >= 11 is 6.01. The fourth-order valence-electron chi connectivity index (χ4n) is 2.92. The Kier molecular flexibility index (Phi) is 6.03. The number of halogens is 1. The number of carbonyl (C=O) groups is 1. The van der Waals surface area contributed by atoms with Crippen molar-refractivity contribution < 1.29 is 4.79 Å². The molecule has 0 saturated carbocycles. The molecule has 0 fully saturated rings. The average Bonchev–Trinajstić information content (AvgIpc) is 2.68. The molecule has 2 unspecified atom stereocenters. The zero-order chi connectivity index (χ0) is 18.4. The largest absolute Gasteiger partial charge is 0.349 e. The van der Waals surface area contributed by atoms with Crippen LogP contribution in [0.3, 0.4) is 0 Å². The number of nitrogens with zero attached hydrogens (tertiary/aromatic N) is 1. The van der Waals surface area contributed by atoms with Crippen LogP contribution in [0.1, 0.15) is 35.7 Å². The molecule has 3 nitrogen and oxygen atoms in total. The Balaban J connectivity index is 1.82. The molecule has 132 valence electrons. The molecule has 0 bridgehead atoms. The average molecular weight is 365 g/mol. The first-order valence-electron chi connectivity index (χ1n) is 8.64. The summed E-state index contributed by atoms with van der Waals surface area (Å²) in [6.07, 6.45) is 2.29. The van der Waals surface area contributed by atoms with E-state index < -0.39 is 0 Å². The second kappa shape index (κ2) is 8.63. The lowest BCUT2D eigenvalue weighted by Gasteiger charge is -2.21. The van der Waals surface area contributed by atoms with Crippen molar-refractivity contribution in [3.8, 4) is 0 Å². The summed E-state index contributed by atoms with van der Waals surface area (Å²) in [6.45, 7) is 1.99. The van der Waals surface area contributed by atoms with Gasteiger partial charge in [-0.25, -0.2) is 0 Å². The van der Waals surface area contributed by atoms with Crippen LogP contribution in [0.15, 0.2) is 79.0 Å². The number of pyridine rings is 1. The normalized spacial score (nSPS) is 13.0. The van der Waals surface area contributed by atoms with Crippen molar-refractivity contribution in [3.05, 3.63) is 101 Å². The summed E-state index contributed by atoms with van der Waals surface area (Å²) in [5, 5.41) is 3.79. The van der Waals surface area contributed by atoms with E-state index >= 15 is 0 Å². The first kappa shape index (κ1) is 18.2. The summed E-state index contributed by atoms with van der Waals surface area (Å²) < 4.78 is 0. The molecule has 1 heterocycles. The zero-order valence-electron chi connectivity index (χ0n) is 14.6. The van der Waals surface area contributed by atoms with Gasteiger partial charge in [0, 0.05) is 23.3 Å². The van der Waals surface area contributed by atoms with Gasteiger partial charge >= 0.3 is 0 Å². The van der Waals surface area contributed by atoms with Crippen LogP contribution in [-0.4, -0.2) is 10.9 Å². The van der Waals surface area contributed by atoms with Crippen molar-refractivity contribution in [2.75, 3.05) is 0 Å². The van der Waals surface area contributed by atoms with Gasteiger partial charge in [0.25, 0.3) is 0 Å². The lowest BCUT2D eigenvalue weighted by Crippen LogP contribution is -2.32. The number of benzene rings is 2. The number of hydrogen-bond acceptors (Lipinski definition) is 2. The third-order valence-corrected chi connectivity index (χ3v) is 4.64. The molecule has 1 amide bonds. The van der Waals surface area contributed by atoms with Gasteiger partial charge in [0.2, 0.25) is 5.91 Å². The van der Waals surface area contributed by atoms with Crippen LogP contribution in [0.2, 0.25) is 5.02 Å². The van der Waals surface area contributed by atoms with Crippen LogP contribution in [0, 0.1) is 0 Å². The molecular formula is C22H21ClN2O. The molecule has 4 heteroatoms. The second-order valence-corrected chi connectivity index (χ2v) is 6.71. The van der Waals surface area contributed by atoms with Crippen LogP contribution in [0.25, 0.3) is 0 Å². The van der Waals surface area contributed by atoms with Gasteiger partial charge in [-0.2, -0.15) is 0 Å². The number of aromatic nitrogens is 1. The molecule has 0 aliphatic rings. The standard InChI is InChI=1S/C22H21ClN2O/c1-16(17-7-3-2-4-8-17)25-22(26)21(15-20-9-5-6-14-24-20)18-10-12-19(23)13-11-18/h2-14,16,21H,15H2,1H3,(H,25,26). The van der Waals surface area contributed by atoms with Crippen molar-refractivity contribution in [1.82, 2.24) is 10.3 Å². The third kappa shape index (κ3) is 4.70. The highest BCUT2D eigenvalue weighted by Crippen LogP contribution is 2.24. The number of amides is 1. The van der Waals surface area contributed by atoms with E-state index in [4.69, 9.17) is 11.6 Å². The zero-order valence-corrected chi connectivity index (χ0v) is 15.4. The highest BCUT2D eigenvalue weighted by atomic mass is 35.5. The second-order valence-electron chi connectivity index (χ2n) is 6.27. The highest BCUT2D eigenvalue weighted by molar-refractivity contribution is 6.30. The maximum absolute atomic E-state index is 13.0. The Morgan fingerprint density at radius 1 is 0.962 bits per heavy atom. The lowest BCUT2D eigenvalue weighted by molar-refractivity contribution is -0.123. The SMILES string of the molecule is CC(NC(=O)C(Cc1ccccn1)c1ccc(Cl)cc1)c1ccccc1. The Morgan fingerprint density at radius 2 is 1.65 bits per heavy atom. The van der Waals surface area contributed by atoms with Gasteiger partial charge in [0.1, 0.15) is 0 Å². The smallest absolute Gasteiger partial charge is 0.228 e. The van der Waals surface area contributed by atoms with Crippen molar-refractivity contribution in [1.29, 1.82) is 0 Å². The molecular weight excluding hydrogens is 344 g/mol. The van der Waals surface area contributed by atoms with Gasteiger partial charge in [-0.1, -0.05) is 60.1 Å². The van der Waals surface area contributed by atoms with E-state index in [-0.39, 0.29) is 17.9 Å². The van der Waals surface area contributed by atoms with Crippen LogP contribution in [-0.2, 0) is 11.2 Å². The van der Waals surface area contributed by atoms with E-state index in [1.54, 1.807) is 6.20 Å². The molecule has 2 aromatic carbocycles. The van der Waals surface area contributed by atoms with Crippen LogP contribution in [0.4, 0.5) is 0 Å². The number of nitrogens with one attached hydrogen (secondary N) is 1. The van der Waals surface area contributed by atoms with Gasteiger partial charge in [-0.05, 0) is 42.3 Å². The quantitative estimate of drug-likeness (QED) is 0.673. The Hall–Kier alpha value is -2.65. The minimum absolute atomic E-state index is 0.0191. The molecule has 0 aliphatic carbocycles. The fraction of sp³-hybridized carbons (Fsp3) is 0.182. The van der Waals surface area contributed by atoms with E-state index in [2.05, 4.69) is 10.3 Å². The first-order valence-corrected chi connectivity index (χ1v) is 9.02. The molecule has 0 saturated heterocycles. The molecule has 1 aromatic heterocycles. The third-order valence-electron chi connectivity index (χ3n) is 4.39. The van der Waals surface area contributed by atoms with Crippen molar-refractivity contribution in [2.45, 2.75) is 25.3 Å². The van der Waals surface area contributed by atoms with Crippen LogP contribution >= 0.6 is 11.6 Å². The molecule has 1 N–H and O–H groups in total. The van der Waals surface area contributed by atoms with E-state index in [1.807, 2.05) is 79.7 Å². The molecule has 3 rings (SSSR count). The molecule has 0 spiro atoms. The van der Waals surface area contributed by atoms with E-state index in [0.717, 1.165) is 16.8 Å². The van der Waals surface area contributed by atoms with Gasteiger partial charge in [0.05, 0.1) is 12.0 Å². The van der Waals surface area contributed by atoms with E-state index in [9.17, 15) is 4.79 Å². The van der Waals surface area contributed by atoms with Crippen LogP contribution < -0.4 is 5.32 Å². The Morgan fingerprint density at radius 3 is 2.31 bits per heavy atom. The van der Waals surface area contributed by atoms with Gasteiger partial charge in [-0.15, -0.1) is 0 Å². The predicted octanol–water partition coefficient (Wildman–Crippen LogP) is 4.94. The molecule has 3 aromatic rings. The minimum atomic E-state index is -0.326. The van der Waals surface area contributed by atoms with Crippen molar-refractivity contribution in [3.63, 3.8) is 0 Å². The van der Waals surface area contributed by atoms with Crippen molar-refractivity contribution in [2.24, 2.45) is 0 Å². The molecule has 26 heavy (non-hydrogen) atoms. The Labute approximate surface area is 159 Å². The number of carbonyl (C=O) groups excluding carboxylic acids is 1. The summed E-state index contributed by atoms with van der Waals surface area (Å²) in [6, 6.07) is 23.1. The predicted molar refractivity (Wildman–Crippen MR) is 105 cm³/mol. The monoisotopic (exact) mass is 364 g/mol. The maximum atomic E-state index is 13.0. The van der Waals surface area contributed by atoms with E-state index in [0.29, 0.717) is 11.4 Å². The topological polar surface area (TPSA) is 42.0 Å². The molecule has 0 aliphatic heterocycles. The molecule has 0 radical (unpaired) electrons.